The molecule has 1 unspecified atom stereocenters. The van der Waals surface area contributed by atoms with Gasteiger partial charge in [-0.1, -0.05) is 12.8 Å². The normalized spacial score (nSPS) is 31.2. The Morgan fingerprint density at radius 2 is 2.25 bits per heavy atom. The van der Waals surface area contributed by atoms with E-state index < -0.39 is 0 Å². The summed E-state index contributed by atoms with van der Waals surface area (Å²) < 4.78 is 0. The van der Waals surface area contributed by atoms with Crippen LogP contribution in [0, 0.1) is 5.92 Å². The van der Waals surface area contributed by atoms with E-state index in [4.69, 9.17) is 0 Å². The van der Waals surface area contributed by atoms with Crippen molar-refractivity contribution in [2.45, 2.75) is 50.5 Å². The molecule has 2 fully saturated rings. The van der Waals surface area contributed by atoms with E-state index in [9.17, 15) is 0 Å². The van der Waals surface area contributed by atoms with E-state index in [1.165, 1.54) is 51.5 Å². The first kappa shape index (κ1) is 10.8. The van der Waals surface area contributed by atoms with Crippen molar-refractivity contribution in [3.63, 3.8) is 0 Å². The monoisotopic (exact) mass is 235 g/mol. The molecule has 1 nitrogen and oxygen atoms in total. The molecule has 1 N–H and O–H groups in total. The Kier molecular flexibility index (Phi) is 3.03. The number of hydrogen-bond acceptors (Lipinski definition) is 2. The summed E-state index contributed by atoms with van der Waals surface area (Å²) >= 11 is 1.84. The molecule has 1 aliphatic heterocycles. The highest BCUT2D eigenvalue weighted by atomic mass is 32.1. The zero-order valence-electron chi connectivity index (χ0n) is 9.87. The highest BCUT2D eigenvalue weighted by Gasteiger charge is 2.44. The van der Waals surface area contributed by atoms with Crippen LogP contribution in [0.1, 0.15) is 44.1 Å². The van der Waals surface area contributed by atoms with Crippen LogP contribution in [0.4, 0.5) is 0 Å². The Morgan fingerprint density at radius 3 is 3.00 bits per heavy atom. The average Bonchev–Trinajstić information content (AvgIpc) is 3.05. The van der Waals surface area contributed by atoms with E-state index in [0.29, 0.717) is 5.54 Å². The van der Waals surface area contributed by atoms with Crippen LogP contribution < -0.4 is 5.32 Å². The van der Waals surface area contributed by atoms with Crippen LogP contribution in [0.15, 0.2) is 16.8 Å². The molecule has 1 saturated carbocycles. The van der Waals surface area contributed by atoms with Crippen molar-refractivity contribution in [3.8, 4) is 0 Å². The van der Waals surface area contributed by atoms with Crippen molar-refractivity contribution in [2.24, 2.45) is 5.92 Å². The minimum atomic E-state index is 0.456. The fraction of sp³-hybridized carbons (Fsp3) is 0.714. The molecular formula is C14H21NS. The molecule has 16 heavy (non-hydrogen) atoms. The second-order valence-electron chi connectivity index (χ2n) is 5.48. The van der Waals surface area contributed by atoms with Gasteiger partial charge in [0.15, 0.2) is 0 Å². The molecule has 1 aliphatic carbocycles. The van der Waals surface area contributed by atoms with Crippen molar-refractivity contribution in [3.05, 3.63) is 22.4 Å². The van der Waals surface area contributed by atoms with Crippen molar-refractivity contribution in [1.82, 2.24) is 5.32 Å². The van der Waals surface area contributed by atoms with Gasteiger partial charge in [-0.05, 0) is 67.0 Å². The second-order valence-corrected chi connectivity index (χ2v) is 6.26. The number of nitrogens with one attached hydrogen (secondary N) is 1. The summed E-state index contributed by atoms with van der Waals surface area (Å²) in [5, 5.41) is 8.44. The van der Waals surface area contributed by atoms with Crippen LogP contribution in [0.25, 0.3) is 0 Å². The summed E-state index contributed by atoms with van der Waals surface area (Å²) in [4.78, 5) is 0. The van der Waals surface area contributed by atoms with Gasteiger partial charge >= 0.3 is 0 Å². The highest BCUT2D eigenvalue weighted by molar-refractivity contribution is 7.07. The molecule has 0 aromatic carbocycles. The molecule has 1 saturated heterocycles. The molecule has 2 heteroatoms. The van der Waals surface area contributed by atoms with E-state index in [1.54, 1.807) is 5.56 Å². The topological polar surface area (TPSA) is 12.0 Å². The summed E-state index contributed by atoms with van der Waals surface area (Å²) in [6.45, 7) is 1.24. The first-order chi connectivity index (χ1) is 7.89. The SMILES string of the molecule is c1cc(CC2(C3CC3)CCCCCN2)cs1. The molecular weight excluding hydrogens is 214 g/mol. The van der Waals surface area contributed by atoms with Crippen molar-refractivity contribution < 1.29 is 0 Å². The summed E-state index contributed by atoms with van der Waals surface area (Å²) in [5.41, 5.74) is 2.00. The van der Waals surface area contributed by atoms with E-state index in [1.807, 2.05) is 11.3 Å². The molecule has 2 heterocycles. The van der Waals surface area contributed by atoms with Crippen LogP contribution in [-0.4, -0.2) is 12.1 Å². The fourth-order valence-corrected chi connectivity index (χ4v) is 3.87. The Hall–Kier alpha value is -0.340. The van der Waals surface area contributed by atoms with Crippen LogP contribution in [0.2, 0.25) is 0 Å². The highest BCUT2D eigenvalue weighted by Crippen LogP contribution is 2.45. The van der Waals surface area contributed by atoms with Crippen LogP contribution in [0.5, 0.6) is 0 Å². The molecule has 0 bridgehead atoms. The smallest absolute Gasteiger partial charge is 0.0250 e. The average molecular weight is 235 g/mol. The molecule has 2 aliphatic rings. The van der Waals surface area contributed by atoms with Gasteiger partial charge in [-0.2, -0.15) is 11.3 Å². The van der Waals surface area contributed by atoms with Crippen molar-refractivity contribution in [1.29, 1.82) is 0 Å². The summed E-state index contributed by atoms with van der Waals surface area (Å²) in [7, 11) is 0. The third-order valence-corrected chi connectivity index (χ3v) is 4.97. The van der Waals surface area contributed by atoms with Gasteiger partial charge in [0, 0.05) is 5.54 Å². The van der Waals surface area contributed by atoms with E-state index in [2.05, 4.69) is 22.1 Å². The zero-order valence-corrected chi connectivity index (χ0v) is 10.7. The van der Waals surface area contributed by atoms with Gasteiger partial charge in [0.2, 0.25) is 0 Å². The van der Waals surface area contributed by atoms with Gasteiger partial charge in [-0.3, -0.25) is 0 Å². The Morgan fingerprint density at radius 1 is 1.31 bits per heavy atom. The largest absolute Gasteiger partial charge is 0.311 e. The lowest BCUT2D eigenvalue weighted by Crippen LogP contribution is -2.48. The Bertz CT molecular complexity index is 319. The molecule has 88 valence electrons. The zero-order chi connectivity index (χ0) is 10.8. The Labute approximate surface area is 102 Å². The maximum atomic E-state index is 3.90. The summed E-state index contributed by atoms with van der Waals surface area (Å²) in [6, 6.07) is 2.31. The summed E-state index contributed by atoms with van der Waals surface area (Å²) in [6.07, 6.45) is 9.79. The molecule has 1 atom stereocenters. The Balaban J connectivity index is 1.78. The molecule has 3 rings (SSSR count). The van der Waals surface area contributed by atoms with Crippen LogP contribution >= 0.6 is 11.3 Å². The van der Waals surface area contributed by atoms with Crippen molar-refractivity contribution >= 4 is 11.3 Å². The maximum absolute atomic E-state index is 3.90. The third kappa shape index (κ3) is 2.18. The van der Waals surface area contributed by atoms with Gasteiger partial charge in [-0.15, -0.1) is 0 Å². The maximum Gasteiger partial charge on any atom is 0.0250 e. The first-order valence-corrected chi connectivity index (χ1v) is 7.59. The van der Waals surface area contributed by atoms with Gasteiger partial charge in [0.25, 0.3) is 0 Å². The minimum Gasteiger partial charge on any atom is -0.311 e. The van der Waals surface area contributed by atoms with Gasteiger partial charge < -0.3 is 5.32 Å². The summed E-state index contributed by atoms with van der Waals surface area (Å²) in [5.74, 6) is 0.963. The van der Waals surface area contributed by atoms with E-state index in [-0.39, 0.29) is 0 Å². The lowest BCUT2D eigenvalue weighted by Gasteiger charge is -2.34. The third-order valence-electron chi connectivity index (χ3n) is 4.24. The molecule has 1 aromatic rings. The molecule has 1 aromatic heterocycles. The second kappa shape index (κ2) is 4.50. The van der Waals surface area contributed by atoms with Crippen molar-refractivity contribution in [2.75, 3.05) is 6.54 Å². The minimum absolute atomic E-state index is 0.456. The molecule has 0 spiro atoms. The number of thiophene rings is 1. The van der Waals surface area contributed by atoms with Crippen LogP contribution in [0.3, 0.4) is 0 Å². The lowest BCUT2D eigenvalue weighted by molar-refractivity contribution is 0.271. The standard InChI is InChI=1S/C14H21NS/c1-2-7-14(13-4-5-13,15-8-3-1)10-12-6-9-16-11-12/h6,9,11,13,15H,1-5,7-8,10H2. The van der Waals surface area contributed by atoms with Gasteiger partial charge in [0.1, 0.15) is 0 Å². The van der Waals surface area contributed by atoms with E-state index in [0.717, 1.165) is 5.92 Å². The quantitative estimate of drug-likeness (QED) is 0.844. The molecule has 0 radical (unpaired) electrons. The fourth-order valence-electron chi connectivity index (χ4n) is 3.21. The lowest BCUT2D eigenvalue weighted by atomic mass is 9.83. The number of hydrogen-bond donors (Lipinski definition) is 1. The van der Waals surface area contributed by atoms with Gasteiger partial charge in [0.05, 0.1) is 0 Å². The van der Waals surface area contributed by atoms with Gasteiger partial charge in [-0.25, -0.2) is 0 Å². The number of rotatable bonds is 3. The first-order valence-electron chi connectivity index (χ1n) is 6.65. The van der Waals surface area contributed by atoms with E-state index >= 15 is 0 Å². The predicted octanol–water partition coefficient (Wildman–Crippen LogP) is 3.60. The molecule has 0 amide bonds. The van der Waals surface area contributed by atoms with Crippen LogP contribution in [-0.2, 0) is 6.42 Å². The predicted molar refractivity (Wildman–Crippen MR) is 69.9 cm³/mol.